The minimum Gasteiger partial charge on any atom is -0.455 e. The zero-order valence-corrected chi connectivity index (χ0v) is 31.4. The van der Waals surface area contributed by atoms with Crippen LogP contribution in [0.1, 0.15) is 61.0 Å². The lowest BCUT2D eigenvalue weighted by molar-refractivity contribution is -0.162. The molecule has 284 valence electrons. The summed E-state index contributed by atoms with van der Waals surface area (Å²) in [5.74, 6) is -3.65. The van der Waals surface area contributed by atoms with Gasteiger partial charge in [0.1, 0.15) is 17.7 Å². The van der Waals surface area contributed by atoms with Crippen molar-refractivity contribution in [3.8, 4) is 0 Å². The maximum absolute atomic E-state index is 15.3. The number of esters is 1. The Labute approximate surface area is 317 Å². The monoisotopic (exact) mass is 733 g/mol. The van der Waals surface area contributed by atoms with E-state index < -0.39 is 66.3 Å². The van der Waals surface area contributed by atoms with Crippen LogP contribution in [-0.2, 0) is 35.1 Å². The fraction of sp³-hybridized carbons (Fsp3) is 0.409. The Kier molecular flexibility index (Phi) is 11.8. The highest BCUT2D eigenvalue weighted by Gasteiger charge is 2.76. The summed E-state index contributed by atoms with van der Waals surface area (Å²) in [5.41, 5.74) is 2.72. The van der Waals surface area contributed by atoms with Crippen LogP contribution in [0.2, 0.25) is 0 Å². The van der Waals surface area contributed by atoms with E-state index in [1.807, 2.05) is 92.7 Å². The molecule has 3 saturated heterocycles. The van der Waals surface area contributed by atoms with Gasteiger partial charge in [-0.1, -0.05) is 91.0 Å². The molecule has 3 aliphatic heterocycles. The normalized spacial score (nSPS) is 24.3. The van der Waals surface area contributed by atoms with Crippen molar-refractivity contribution in [2.75, 3.05) is 18.1 Å². The molecular formula is C44H51N3O7. The molecule has 3 aromatic rings. The van der Waals surface area contributed by atoms with Gasteiger partial charge in [0.15, 0.2) is 0 Å². The summed E-state index contributed by atoms with van der Waals surface area (Å²) in [6.45, 7) is 13.1. The third-order valence-electron chi connectivity index (χ3n) is 11.2. The lowest BCUT2D eigenvalue weighted by atomic mass is 9.70. The molecule has 6 rings (SSSR count). The number of fused-ring (bicyclic) bond motifs is 1. The molecule has 3 fully saturated rings. The van der Waals surface area contributed by atoms with E-state index in [4.69, 9.17) is 9.47 Å². The van der Waals surface area contributed by atoms with Gasteiger partial charge in [0.2, 0.25) is 11.8 Å². The van der Waals surface area contributed by atoms with Crippen molar-refractivity contribution in [3.63, 3.8) is 0 Å². The Bertz CT molecular complexity index is 1850. The molecule has 0 aromatic heterocycles. The van der Waals surface area contributed by atoms with Crippen molar-refractivity contribution >= 4 is 29.4 Å². The highest BCUT2D eigenvalue weighted by molar-refractivity contribution is 6.05. The fourth-order valence-corrected chi connectivity index (χ4v) is 8.91. The number of nitrogens with one attached hydrogen (secondary N) is 1. The number of amides is 3. The first-order valence-corrected chi connectivity index (χ1v) is 18.8. The van der Waals surface area contributed by atoms with Crippen molar-refractivity contribution in [2.45, 2.75) is 88.8 Å². The van der Waals surface area contributed by atoms with Crippen LogP contribution in [0, 0.1) is 25.7 Å². The van der Waals surface area contributed by atoms with Crippen LogP contribution >= 0.6 is 0 Å². The number of aryl methyl sites for hydroxylation is 2. The van der Waals surface area contributed by atoms with E-state index in [1.165, 1.54) is 4.90 Å². The van der Waals surface area contributed by atoms with Gasteiger partial charge in [0, 0.05) is 18.7 Å². The Morgan fingerprint density at radius 3 is 2.31 bits per heavy atom. The average molecular weight is 734 g/mol. The molecule has 0 radical (unpaired) electrons. The third kappa shape index (κ3) is 7.24. The largest absolute Gasteiger partial charge is 0.455 e. The molecule has 3 amide bonds. The molecule has 3 aliphatic rings. The predicted molar refractivity (Wildman–Crippen MR) is 206 cm³/mol. The van der Waals surface area contributed by atoms with E-state index in [2.05, 4.69) is 18.5 Å². The fourth-order valence-electron chi connectivity index (χ4n) is 8.91. The van der Waals surface area contributed by atoms with Crippen molar-refractivity contribution in [2.24, 2.45) is 11.8 Å². The first-order valence-electron chi connectivity index (χ1n) is 18.8. The number of rotatable bonds is 16. The number of para-hydroxylation sites is 1. The summed E-state index contributed by atoms with van der Waals surface area (Å²) in [4.78, 5) is 60.8. The number of hydrogen-bond acceptors (Lipinski definition) is 7. The van der Waals surface area contributed by atoms with Gasteiger partial charge in [0.05, 0.1) is 36.6 Å². The summed E-state index contributed by atoms with van der Waals surface area (Å²) in [6, 6.07) is 22.0. The summed E-state index contributed by atoms with van der Waals surface area (Å²) in [5, 5.41) is 13.9. The highest BCUT2D eigenvalue weighted by atomic mass is 16.6. The first-order chi connectivity index (χ1) is 26.1. The molecule has 2 N–H and O–H groups in total. The lowest BCUT2D eigenvalue weighted by Gasteiger charge is -2.40. The topological polar surface area (TPSA) is 125 Å². The van der Waals surface area contributed by atoms with Crippen molar-refractivity contribution in [3.05, 3.63) is 126 Å². The van der Waals surface area contributed by atoms with E-state index in [0.717, 1.165) is 22.4 Å². The summed E-state index contributed by atoms with van der Waals surface area (Å²) in [7, 11) is 0. The maximum Gasteiger partial charge on any atom is 0.313 e. The van der Waals surface area contributed by atoms with Crippen LogP contribution in [0.25, 0.3) is 0 Å². The Hall–Kier alpha value is -5.06. The molecule has 3 heterocycles. The third-order valence-corrected chi connectivity index (χ3v) is 11.2. The molecule has 3 aromatic carbocycles. The Balaban J connectivity index is 1.39. The van der Waals surface area contributed by atoms with Crippen molar-refractivity contribution in [1.29, 1.82) is 0 Å². The summed E-state index contributed by atoms with van der Waals surface area (Å²) >= 11 is 0. The smallest absolute Gasteiger partial charge is 0.313 e. The SMILES string of the molecule is C=CCCC(=O)N[C@H](C)[C@@H](OC(=O)[C@@H]1[C@@H]2CC[C@]3(O2)[C@H](C(=O)N(CC=C)c2c(C)cccc2C)N([C@@H](CO)Cc2ccccc2)C(=O)[C@@H]13)c1ccccc1. The van der Waals surface area contributed by atoms with E-state index in [-0.39, 0.29) is 31.2 Å². The summed E-state index contributed by atoms with van der Waals surface area (Å²) in [6.07, 6.45) is 3.66. The van der Waals surface area contributed by atoms with Crippen LogP contribution in [0.4, 0.5) is 5.69 Å². The first kappa shape index (κ1) is 38.7. The van der Waals surface area contributed by atoms with Gasteiger partial charge in [-0.15, -0.1) is 13.2 Å². The minimum absolute atomic E-state index is 0.177. The van der Waals surface area contributed by atoms with Gasteiger partial charge in [-0.25, -0.2) is 0 Å². The number of carbonyl (C=O) groups excluding carboxylic acids is 4. The number of aliphatic hydroxyl groups is 1. The van der Waals surface area contributed by atoms with Crippen molar-refractivity contribution in [1.82, 2.24) is 10.2 Å². The van der Waals surface area contributed by atoms with Gasteiger partial charge in [0.25, 0.3) is 5.91 Å². The minimum atomic E-state index is -1.34. The molecule has 2 bridgehead atoms. The van der Waals surface area contributed by atoms with Gasteiger partial charge < -0.3 is 29.7 Å². The number of allylic oxidation sites excluding steroid dienone is 1. The number of nitrogens with zero attached hydrogens (tertiary/aromatic N) is 2. The molecular weight excluding hydrogens is 682 g/mol. The van der Waals surface area contributed by atoms with E-state index in [1.54, 1.807) is 24.0 Å². The summed E-state index contributed by atoms with van der Waals surface area (Å²) < 4.78 is 13.1. The van der Waals surface area contributed by atoms with Crippen LogP contribution in [-0.4, -0.2) is 76.7 Å². The number of ether oxygens (including phenoxy) is 2. The molecule has 0 unspecified atom stereocenters. The molecule has 8 atom stereocenters. The zero-order valence-electron chi connectivity index (χ0n) is 31.4. The van der Waals surface area contributed by atoms with Crippen LogP contribution < -0.4 is 10.2 Å². The van der Waals surface area contributed by atoms with E-state index >= 15 is 9.59 Å². The number of aliphatic hydroxyl groups excluding tert-OH is 1. The Morgan fingerprint density at radius 1 is 1.02 bits per heavy atom. The lowest BCUT2D eigenvalue weighted by Crippen LogP contribution is -2.59. The van der Waals surface area contributed by atoms with Gasteiger partial charge in [-0.05, 0) is 68.7 Å². The zero-order chi connectivity index (χ0) is 38.6. The predicted octanol–water partition coefficient (Wildman–Crippen LogP) is 5.56. The second kappa shape index (κ2) is 16.5. The standard InChI is InChI=1S/C44H51N3O7/c1-6-8-22-35(49)45-30(5)39(32-20-13-10-14-21-32)53-43(52)36-34-23-24-44(54-34)37(36)41(50)47(33(27-48)26-31-18-11-9-12-19-31)40(44)42(51)46(25-7-2)38-28(3)16-15-17-29(38)4/h6-7,9-21,30,33-34,36-37,39-40,48H,1-2,8,22-27H2,3-5H3,(H,45,49)/t30-,33-,34+,36-,37-,39-,40+,44-/m1/s1. The number of anilines is 1. The number of benzene rings is 3. The second-order valence-corrected chi connectivity index (χ2v) is 14.8. The van der Waals surface area contributed by atoms with Gasteiger partial charge in [-0.2, -0.15) is 0 Å². The van der Waals surface area contributed by atoms with Crippen LogP contribution in [0.5, 0.6) is 0 Å². The number of likely N-dealkylation sites (tertiary alicyclic amines) is 1. The maximum atomic E-state index is 15.3. The second-order valence-electron chi connectivity index (χ2n) is 14.8. The average Bonchev–Trinajstić information content (AvgIpc) is 3.82. The van der Waals surface area contributed by atoms with Crippen molar-refractivity contribution < 1.29 is 33.8 Å². The number of carbonyl (C=O) groups is 4. The molecule has 1 spiro atoms. The highest BCUT2D eigenvalue weighted by Crippen LogP contribution is 2.59. The van der Waals surface area contributed by atoms with E-state index in [9.17, 15) is 14.7 Å². The molecule has 10 heteroatoms. The molecule has 0 saturated carbocycles. The van der Waals surface area contributed by atoms with Crippen LogP contribution in [0.15, 0.2) is 104 Å². The molecule has 0 aliphatic carbocycles. The van der Waals surface area contributed by atoms with E-state index in [0.29, 0.717) is 24.8 Å². The molecule has 10 nitrogen and oxygen atoms in total. The van der Waals surface area contributed by atoms with Gasteiger partial charge in [-0.3, -0.25) is 19.2 Å². The van der Waals surface area contributed by atoms with Crippen LogP contribution in [0.3, 0.4) is 0 Å². The molecule has 54 heavy (non-hydrogen) atoms. The Morgan fingerprint density at radius 2 is 1.69 bits per heavy atom. The number of hydrogen-bond donors (Lipinski definition) is 2. The van der Waals surface area contributed by atoms with Gasteiger partial charge >= 0.3 is 5.97 Å². The quantitative estimate of drug-likeness (QED) is 0.146.